The van der Waals surface area contributed by atoms with E-state index in [0.717, 1.165) is 6.54 Å². The highest BCUT2D eigenvalue weighted by Gasteiger charge is 2.12. The molecule has 0 aliphatic carbocycles. The molecule has 0 radical (unpaired) electrons. The lowest BCUT2D eigenvalue weighted by Crippen LogP contribution is -2.31. The van der Waals surface area contributed by atoms with Crippen LogP contribution in [0.3, 0.4) is 0 Å². The van der Waals surface area contributed by atoms with Crippen LogP contribution in [-0.2, 0) is 0 Å². The van der Waals surface area contributed by atoms with Crippen molar-refractivity contribution in [3.8, 4) is 5.75 Å². The maximum Gasteiger partial charge on any atom is 0.204 e. The predicted molar refractivity (Wildman–Crippen MR) is 69.8 cm³/mol. The molecule has 1 atom stereocenters. The van der Waals surface area contributed by atoms with Gasteiger partial charge in [0.2, 0.25) is 5.75 Å². The van der Waals surface area contributed by atoms with Crippen LogP contribution in [0, 0.1) is 0 Å². The van der Waals surface area contributed by atoms with Gasteiger partial charge in [-0.2, -0.15) is 0 Å². The molecule has 1 aromatic heterocycles. The Bertz CT molecular complexity index is 356. The summed E-state index contributed by atoms with van der Waals surface area (Å²) in [6.45, 7) is 2.93. The average Bonchev–Trinajstić information content (AvgIpc) is 2.34. The Hall–Kier alpha value is -1.56. The third-order valence-corrected chi connectivity index (χ3v) is 2.69. The number of nitrogens with zero attached hydrogens (tertiary/aromatic N) is 3. The van der Waals surface area contributed by atoms with E-state index in [2.05, 4.69) is 32.4 Å². The van der Waals surface area contributed by atoms with E-state index in [1.165, 1.54) is 6.33 Å². The first-order valence-corrected chi connectivity index (χ1v) is 5.57. The molecule has 6 heteroatoms. The van der Waals surface area contributed by atoms with Crippen molar-refractivity contribution in [3.05, 3.63) is 6.33 Å². The fourth-order valence-corrected chi connectivity index (χ4v) is 1.30. The smallest absolute Gasteiger partial charge is 0.204 e. The van der Waals surface area contributed by atoms with Gasteiger partial charge in [-0.15, -0.1) is 0 Å². The van der Waals surface area contributed by atoms with E-state index in [1.54, 1.807) is 14.2 Å². The molecule has 0 saturated heterocycles. The second-order valence-electron chi connectivity index (χ2n) is 4.05. The number of likely N-dealkylation sites (N-methyl/N-ethyl adjacent to an activating group) is 1. The summed E-state index contributed by atoms with van der Waals surface area (Å²) in [5, 5.41) is 6.23. The van der Waals surface area contributed by atoms with Crippen molar-refractivity contribution in [1.82, 2.24) is 14.9 Å². The largest absolute Gasteiger partial charge is 0.490 e. The Labute approximate surface area is 102 Å². The molecule has 0 aromatic carbocycles. The SMILES string of the molecule is CNc1ncnc(NCC(C)N(C)C)c1OC. The number of rotatable bonds is 6. The van der Waals surface area contributed by atoms with Gasteiger partial charge in [-0.25, -0.2) is 9.97 Å². The maximum atomic E-state index is 5.30. The normalized spacial score (nSPS) is 12.4. The lowest BCUT2D eigenvalue weighted by atomic mass is 10.3. The van der Waals surface area contributed by atoms with Crippen LogP contribution >= 0.6 is 0 Å². The topological polar surface area (TPSA) is 62.3 Å². The number of methoxy groups -OCH3 is 1. The molecule has 0 spiro atoms. The maximum absolute atomic E-state index is 5.30. The standard InChI is InChI=1S/C11H21N5O/c1-8(16(3)4)6-13-11-9(17-5)10(12-2)14-7-15-11/h7-8H,6H2,1-5H3,(H2,12,13,14,15). The van der Waals surface area contributed by atoms with Crippen molar-refractivity contribution in [2.45, 2.75) is 13.0 Å². The van der Waals surface area contributed by atoms with Gasteiger partial charge in [-0.3, -0.25) is 0 Å². The zero-order chi connectivity index (χ0) is 12.8. The number of aromatic nitrogens is 2. The Morgan fingerprint density at radius 3 is 2.53 bits per heavy atom. The van der Waals surface area contributed by atoms with Gasteiger partial charge in [0, 0.05) is 19.6 Å². The van der Waals surface area contributed by atoms with Crippen LogP contribution in [0.4, 0.5) is 11.6 Å². The molecular weight excluding hydrogens is 218 g/mol. The van der Waals surface area contributed by atoms with Gasteiger partial charge >= 0.3 is 0 Å². The van der Waals surface area contributed by atoms with Crippen molar-refractivity contribution >= 4 is 11.6 Å². The molecule has 1 aromatic rings. The zero-order valence-electron chi connectivity index (χ0n) is 11.1. The van der Waals surface area contributed by atoms with E-state index < -0.39 is 0 Å². The van der Waals surface area contributed by atoms with Crippen LogP contribution in [0.5, 0.6) is 5.75 Å². The second kappa shape index (κ2) is 6.24. The number of anilines is 2. The Morgan fingerprint density at radius 2 is 2.00 bits per heavy atom. The molecule has 6 nitrogen and oxygen atoms in total. The van der Waals surface area contributed by atoms with Gasteiger partial charge in [0.25, 0.3) is 0 Å². The average molecular weight is 239 g/mol. The monoisotopic (exact) mass is 239 g/mol. The zero-order valence-corrected chi connectivity index (χ0v) is 11.1. The van der Waals surface area contributed by atoms with E-state index >= 15 is 0 Å². The molecule has 17 heavy (non-hydrogen) atoms. The van der Waals surface area contributed by atoms with Crippen molar-refractivity contribution in [2.75, 3.05) is 45.4 Å². The van der Waals surface area contributed by atoms with Gasteiger partial charge in [-0.1, -0.05) is 0 Å². The minimum Gasteiger partial charge on any atom is -0.490 e. The highest BCUT2D eigenvalue weighted by atomic mass is 16.5. The van der Waals surface area contributed by atoms with Gasteiger partial charge in [0.15, 0.2) is 11.6 Å². The molecule has 0 fully saturated rings. The first-order chi connectivity index (χ1) is 8.10. The Kier molecular flexibility index (Phi) is 4.96. The summed E-state index contributed by atoms with van der Waals surface area (Å²) in [6, 6.07) is 0.410. The molecule has 0 bridgehead atoms. The first-order valence-electron chi connectivity index (χ1n) is 5.57. The van der Waals surface area contributed by atoms with Crippen molar-refractivity contribution in [1.29, 1.82) is 0 Å². The lowest BCUT2D eigenvalue weighted by Gasteiger charge is -2.21. The molecule has 0 saturated carbocycles. The number of hydrogen-bond acceptors (Lipinski definition) is 6. The lowest BCUT2D eigenvalue weighted by molar-refractivity contribution is 0.325. The summed E-state index contributed by atoms with van der Waals surface area (Å²) in [6.07, 6.45) is 1.51. The van der Waals surface area contributed by atoms with Crippen LogP contribution in [0.1, 0.15) is 6.92 Å². The van der Waals surface area contributed by atoms with Gasteiger partial charge in [-0.05, 0) is 21.0 Å². The molecule has 0 aliphatic heterocycles. The molecule has 0 aliphatic rings. The Balaban J connectivity index is 2.77. The molecule has 1 unspecified atom stereocenters. The first kappa shape index (κ1) is 13.5. The van der Waals surface area contributed by atoms with E-state index in [1.807, 2.05) is 14.1 Å². The molecule has 2 N–H and O–H groups in total. The molecule has 0 amide bonds. The van der Waals surface area contributed by atoms with Gasteiger partial charge in [0.05, 0.1) is 7.11 Å². The van der Waals surface area contributed by atoms with Gasteiger partial charge in [0.1, 0.15) is 6.33 Å². The summed E-state index contributed by atoms with van der Waals surface area (Å²) < 4.78 is 5.30. The predicted octanol–water partition coefficient (Wildman–Crippen LogP) is 0.889. The Morgan fingerprint density at radius 1 is 1.35 bits per heavy atom. The number of hydrogen-bond donors (Lipinski definition) is 2. The highest BCUT2D eigenvalue weighted by molar-refractivity contribution is 5.63. The van der Waals surface area contributed by atoms with Crippen LogP contribution in [0.2, 0.25) is 0 Å². The fraction of sp³-hybridized carbons (Fsp3) is 0.636. The van der Waals surface area contributed by atoms with E-state index in [0.29, 0.717) is 23.4 Å². The fourth-order valence-electron chi connectivity index (χ4n) is 1.30. The van der Waals surface area contributed by atoms with Crippen molar-refractivity contribution in [2.24, 2.45) is 0 Å². The van der Waals surface area contributed by atoms with Crippen LogP contribution in [0.15, 0.2) is 6.33 Å². The van der Waals surface area contributed by atoms with Gasteiger partial charge < -0.3 is 20.3 Å². The second-order valence-corrected chi connectivity index (χ2v) is 4.05. The minimum atomic E-state index is 0.410. The summed E-state index contributed by atoms with van der Waals surface area (Å²) in [4.78, 5) is 10.4. The summed E-state index contributed by atoms with van der Waals surface area (Å²) in [5.74, 6) is 2.03. The highest BCUT2D eigenvalue weighted by Crippen LogP contribution is 2.28. The van der Waals surface area contributed by atoms with E-state index in [4.69, 9.17) is 4.74 Å². The van der Waals surface area contributed by atoms with Crippen LogP contribution < -0.4 is 15.4 Å². The van der Waals surface area contributed by atoms with Crippen molar-refractivity contribution < 1.29 is 4.74 Å². The summed E-state index contributed by atoms with van der Waals surface area (Å²) in [7, 11) is 7.50. The summed E-state index contributed by atoms with van der Waals surface area (Å²) >= 11 is 0. The number of ether oxygens (including phenoxy) is 1. The molecular formula is C11H21N5O. The van der Waals surface area contributed by atoms with E-state index in [9.17, 15) is 0 Å². The molecule has 96 valence electrons. The number of nitrogens with one attached hydrogen (secondary N) is 2. The van der Waals surface area contributed by atoms with Crippen LogP contribution in [0.25, 0.3) is 0 Å². The minimum absolute atomic E-state index is 0.410. The molecule has 1 rings (SSSR count). The quantitative estimate of drug-likeness (QED) is 0.768. The molecule has 1 heterocycles. The summed E-state index contributed by atoms with van der Waals surface area (Å²) in [5.41, 5.74) is 0. The third kappa shape index (κ3) is 3.45. The van der Waals surface area contributed by atoms with Crippen molar-refractivity contribution in [3.63, 3.8) is 0 Å². The van der Waals surface area contributed by atoms with E-state index in [-0.39, 0.29) is 0 Å². The van der Waals surface area contributed by atoms with Crippen LogP contribution in [-0.4, -0.2) is 55.7 Å². The third-order valence-electron chi connectivity index (χ3n) is 2.69.